The lowest BCUT2D eigenvalue weighted by Gasteiger charge is -2.17. The molecule has 0 saturated heterocycles. The van der Waals surface area contributed by atoms with Gasteiger partial charge in [0.15, 0.2) is 0 Å². The van der Waals surface area contributed by atoms with E-state index in [1.165, 1.54) is 4.70 Å². The van der Waals surface area contributed by atoms with Crippen LogP contribution in [0.3, 0.4) is 0 Å². The summed E-state index contributed by atoms with van der Waals surface area (Å²) in [6, 6.07) is 18.0. The Morgan fingerprint density at radius 1 is 1.20 bits per heavy atom. The highest BCUT2D eigenvalue weighted by Gasteiger charge is 2.07. The van der Waals surface area contributed by atoms with E-state index < -0.39 is 0 Å². The fourth-order valence-electron chi connectivity index (χ4n) is 2.09. The highest BCUT2D eigenvalue weighted by molar-refractivity contribution is 7.18. The molecular formula is C16H13N3S. The molecule has 1 heterocycles. The van der Waals surface area contributed by atoms with Gasteiger partial charge in [-0.1, -0.05) is 18.2 Å². The molecule has 0 unspecified atom stereocenters. The number of aromatic nitrogens is 1. The molecule has 0 N–H and O–H groups in total. The minimum Gasteiger partial charge on any atom is -0.368 e. The molecule has 3 rings (SSSR count). The lowest BCUT2D eigenvalue weighted by molar-refractivity contribution is 0.914. The van der Waals surface area contributed by atoms with Crippen molar-refractivity contribution in [3.8, 4) is 6.07 Å². The summed E-state index contributed by atoms with van der Waals surface area (Å²) < 4.78 is 1.21. The van der Waals surface area contributed by atoms with Crippen LogP contribution in [0.1, 0.15) is 10.6 Å². The molecule has 0 atom stereocenters. The second kappa shape index (κ2) is 5.32. The lowest BCUT2D eigenvalue weighted by Crippen LogP contribution is -2.16. The van der Waals surface area contributed by atoms with Crippen molar-refractivity contribution < 1.29 is 0 Å². The quantitative estimate of drug-likeness (QED) is 0.732. The zero-order chi connectivity index (χ0) is 13.9. The molecule has 1 aromatic heterocycles. The molecular weight excluding hydrogens is 266 g/mol. The Kier molecular flexibility index (Phi) is 3.36. The van der Waals surface area contributed by atoms with Gasteiger partial charge in [-0.15, -0.1) is 11.3 Å². The minimum absolute atomic E-state index is 0.679. The Labute approximate surface area is 121 Å². The standard InChI is InChI=1S/C16H13N3S/c1-19(13-6-4-5-12(9-13)10-17)11-16-18-14-7-2-3-8-15(14)20-16/h2-9H,11H2,1H3. The Balaban J connectivity index is 1.84. The first-order valence-electron chi connectivity index (χ1n) is 6.32. The van der Waals surface area contributed by atoms with Crippen molar-refractivity contribution in [2.45, 2.75) is 6.54 Å². The maximum absolute atomic E-state index is 8.95. The van der Waals surface area contributed by atoms with Crippen molar-refractivity contribution in [2.24, 2.45) is 0 Å². The number of rotatable bonds is 3. The smallest absolute Gasteiger partial charge is 0.113 e. The van der Waals surface area contributed by atoms with Gasteiger partial charge >= 0.3 is 0 Å². The van der Waals surface area contributed by atoms with E-state index in [0.717, 1.165) is 22.8 Å². The molecule has 0 saturated carbocycles. The van der Waals surface area contributed by atoms with Gasteiger partial charge in [0.2, 0.25) is 0 Å². The first kappa shape index (κ1) is 12.6. The second-order valence-electron chi connectivity index (χ2n) is 4.59. The minimum atomic E-state index is 0.679. The van der Waals surface area contributed by atoms with Crippen LogP contribution in [0, 0.1) is 11.3 Å². The molecule has 3 nitrogen and oxygen atoms in total. The van der Waals surface area contributed by atoms with Gasteiger partial charge in [0, 0.05) is 12.7 Å². The van der Waals surface area contributed by atoms with Gasteiger partial charge in [-0.05, 0) is 30.3 Å². The fraction of sp³-hybridized carbons (Fsp3) is 0.125. The molecule has 0 amide bonds. The molecule has 0 bridgehead atoms. The lowest BCUT2D eigenvalue weighted by atomic mass is 10.2. The number of hydrogen-bond acceptors (Lipinski definition) is 4. The predicted octanol–water partition coefficient (Wildman–Crippen LogP) is 3.80. The number of nitriles is 1. The van der Waals surface area contributed by atoms with E-state index in [-0.39, 0.29) is 0 Å². The van der Waals surface area contributed by atoms with E-state index in [0.29, 0.717) is 5.56 Å². The molecule has 0 aliphatic heterocycles. The SMILES string of the molecule is CN(Cc1nc2ccccc2s1)c1cccc(C#N)c1. The van der Waals surface area contributed by atoms with E-state index in [1.54, 1.807) is 11.3 Å². The molecule has 2 aromatic carbocycles. The van der Waals surface area contributed by atoms with Gasteiger partial charge in [0.05, 0.1) is 28.4 Å². The van der Waals surface area contributed by atoms with Crippen LogP contribution >= 0.6 is 11.3 Å². The van der Waals surface area contributed by atoms with Crippen LogP contribution in [0.15, 0.2) is 48.5 Å². The molecule has 20 heavy (non-hydrogen) atoms. The molecule has 4 heteroatoms. The van der Waals surface area contributed by atoms with Crippen molar-refractivity contribution in [3.63, 3.8) is 0 Å². The topological polar surface area (TPSA) is 39.9 Å². The van der Waals surface area contributed by atoms with Gasteiger partial charge in [0.1, 0.15) is 5.01 Å². The summed E-state index contributed by atoms with van der Waals surface area (Å²) in [5, 5.41) is 10.0. The van der Waals surface area contributed by atoms with Crippen LogP contribution in [0.25, 0.3) is 10.2 Å². The van der Waals surface area contributed by atoms with Gasteiger partial charge in [-0.2, -0.15) is 5.26 Å². The van der Waals surface area contributed by atoms with E-state index in [4.69, 9.17) is 5.26 Å². The van der Waals surface area contributed by atoms with Crippen molar-refractivity contribution in [2.75, 3.05) is 11.9 Å². The first-order valence-corrected chi connectivity index (χ1v) is 7.13. The maximum atomic E-state index is 8.95. The summed E-state index contributed by atoms with van der Waals surface area (Å²) in [6.07, 6.45) is 0. The van der Waals surface area contributed by atoms with Gasteiger partial charge in [-0.25, -0.2) is 4.98 Å². The Hall–Kier alpha value is -2.38. The largest absolute Gasteiger partial charge is 0.368 e. The Bertz CT molecular complexity index is 753. The molecule has 3 aromatic rings. The number of anilines is 1. The van der Waals surface area contributed by atoms with Crippen LogP contribution in [0.5, 0.6) is 0 Å². The summed E-state index contributed by atoms with van der Waals surface area (Å²) in [6.45, 7) is 0.744. The van der Waals surface area contributed by atoms with Crippen molar-refractivity contribution in [1.82, 2.24) is 4.98 Å². The molecule has 0 radical (unpaired) electrons. The van der Waals surface area contributed by atoms with Crippen molar-refractivity contribution >= 4 is 27.2 Å². The van der Waals surface area contributed by atoms with Gasteiger partial charge in [-0.3, -0.25) is 0 Å². The average Bonchev–Trinajstić information content (AvgIpc) is 2.89. The van der Waals surface area contributed by atoms with Crippen LogP contribution in [-0.4, -0.2) is 12.0 Å². The second-order valence-corrected chi connectivity index (χ2v) is 5.71. The predicted molar refractivity (Wildman–Crippen MR) is 82.9 cm³/mol. The van der Waals surface area contributed by atoms with E-state index in [1.807, 2.05) is 49.5 Å². The molecule has 98 valence electrons. The van der Waals surface area contributed by atoms with Gasteiger partial charge in [0.25, 0.3) is 0 Å². The number of fused-ring (bicyclic) bond motifs is 1. The summed E-state index contributed by atoms with van der Waals surface area (Å²) in [5.41, 5.74) is 2.76. The molecule has 0 aliphatic carbocycles. The van der Waals surface area contributed by atoms with Crippen molar-refractivity contribution in [1.29, 1.82) is 5.26 Å². The third-order valence-electron chi connectivity index (χ3n) is 3.13. The van der Waals surface area contributed by atoms with Crippen LogP contribution in [-0.2, 0) is 6.54 Å². The number of thiazole rings is 1. The zero-order valence-electron chi connectivity index (χ0n) is 11.1. The number of para-hydroxylation sites is 1. The van der Waals surface area contributed by atoms with E-state index >= 15 is 0 Å². The third-order valence-corrected chi connectivity index (χ3v) is 4.15. The monoisotopic (exact) mass is 279 g/mol. The summed E-state index contributed by atoms with van der Waals surface area (Å²) in [7, 11) is 2.02. The van der Waals surface area contributed by atoms with Crippen molar-refractivity contribution in [3.05, 3.63) is 59.1 Å². The zero-order valence-corrected chi connectivity index (χ0v) is 11.9. The summed E-state index contributed by atoms with van der Waals surface area (Å²) in [4.78, 5) is 6.74. The fourth-order valence-corrected chi connectivity index (χ4v) is 3.12. The number of benzene rings is 2. The molecule has 0 aliphatic rings. The number of hydrogen-bond donors (Lipinski definition) is 0. The highest BCUT2D eigenvalue weighted by Crippen LogP contribution is 2.24. The number of nitrogens with zero attached hydrogens (tertiary/aromatic N) is 3. The third kappa shape index (κ3) is 2.49. The summed E-state index contributed by atoms with van der Waals surface area (Å²) >= 11 is 1.71. The highest BCUT2D eigenvalue weighted by atomic mass is 32.1. The molecule has 0 fully saturated rings. The van der Waals surface area contributed by atoms with Crippen LogP contribution in [0.4, 0.5) is 5.69 Å². The average molecular weight is 279 g/mol. The van der Waals surface area contributed by atoms with Crippen LogP contribution < -0.4 is 4.90 Å². The molecule has 0 spiro atoms. The van der Waals surface area contributed by atoms with E-state index in [9.17, 15) is 0 Å². The van der Waals surface area contributed by atoms with Crippen LogP contribution in [0.2, 0.25) is 0 Å². The van der Waals surface area contributed by atoms with Gasteiger partial charge < -0.3 is 4.90 Å². The normalized spacial score (nSPS) is 10.4. The Morgan fingerprint density at radius 3 is 2.85 bits per heavy atom. The summed E-state index contributed by atoms with van der Waals surface area (Å²) in [5.74, 6) is 0. The maximum Gasteiger partial charge on any atom is 0.113 e. The van der Waals surface area contributed by atoms with E-state index in [2.05, 4.69) is 22.0 Å². The Morgan fingerprint density at radius 2 is 2.05 bits per heavy atom. The first-order chi connectivity index (χ1) is 9.76.